The number of urea groups is 1. The number of hydrogen-bond acceptors (Lipinski definition) is 4. The predicted molar refractivity (Wildman–Crippen MR) is 91.1 cm³/mol. The van der Waals surface area contributed by atoms with Crippen LogP contribution in [0.4, 0.5) is 4.79 Å². The molecular formula is C17H21N3O2S. The molecule has 2 amide bonds. The van der Waals surface area contributed by atoms with Crippen LogP contribution in [0.1, 0.15) is 25.0 Å². The van der Waals surface area contributed by atoms with Gasteiger partial charge in [0.05, 0.1) is 18.3 Å². The van der Waals surface area contributed by atoms with E-state index in [0.29, 0.717) is 19.0 Å². The van der Waals surface area contributed by atoms with Gasteiger partial charge in [0.25, 0.3) is 0 Å². The summed E-state index contributed by atoms with van der Waals surface area (Å²) in [6, 6.07) is 9.83. The number of nitrogens with one attached hydrogen (secondary N) is 2. The molecule has 1 aliphatic rings. The van der Waals surface area contributed by atoms with Gasteiger partial charge in [-0.15, -0.1) is 11.3 Å². The monoisotopic (exact) mass is 331 g/mol. The lowest BCUT2D eigenvalue weighted by atomic mass is 10.1. The molecule has 23 heavy (non-hydrogen) atoms. The van der Waals surface area contributed by atoms with Crippen LogP contribution in [0.25, 0.3) is 10.6 Å². The standard InChI is InChI=1S/C17H21N3O2S/c21-15-7-6-12(8-15)9-18-17(22)19-10-14-11-23-16(20-14)13-4-2-1-3-5-13/h1-5,11-12,15,21H,6-10H2,(H2,18,19,22)/t12-,15-/m0/s1. The quantitative estimate of drug-likeness (QED) is 0.789. The van der Waals surface area contributed by atoms with E-state index in [9.17, 15) is 9.90 Å². The van der Waals surface area contributed by atoms with Crippen LogP contribution in [0.15, 0.2) is 35.7 Å². The fourth-order valence-corrected chi connectivity index (χ4v) is 3.63. The van der Waals surface area contributed by atoms with Gasteiger partial charge in [-0.25, -0.2) is 9.78 Å². The Bertz CT molecular complexity index is 644. The van der Waals surface area contributed by atoms with Gasteiger partial charge in [-0.05, 0) is 25.2 Å². The molecule has 2 aromatic rings. The summed E-state index contributed by atoms with van der Waals surface area (Å²) < 4.78 is 0. The third kappa shape index (κ3) is 4.53. The SMILES string of the molecule is O=C(NCc1csc(-c2ccccc2)n1)NC[C@H]1CC[C@H](O)C1. The van der Waals surface area contributed by atoms with Crippen molar-refractivity contribution in [2.24, 2.45) is 5.92 Å². The van der Waals surface area contributed by atoms with Crippen molar-refractivity contribution < 1.29 is 9.90 Å². The Morgan fingerprint density at radius 3 is 2.83 bits per heavy atom. The first-order chi connectivity index (χ1) is 11.2. The van der Waals surface area contributed by atoms with Crippen LogP contribution in [-0.4, -0.2) is 28.8 Å². The van der Waals surface area contributed by atoms with Gasteiger partial charge in [-0.3, -0.25) is 0 Å². The zero-order valence-corrected chi connectivity index (χ0v) is 13.7. The van der Waals surface area contributed by atoms with E-state index in [4.69, 9.17) is 0 Å². The van der Waals surface area contributed by atoms with Crippen LogP contribution in [0.2, 0.25) is 0 Å². The lowest BCUT2D eigenvalue weighted by Gasteiger charge is -2.11. The molecule has 1 aliphatic carbocycles. The molecule has 5 nitrogen and oxygen atoms in total. The molecule has 6 heteroatoms. The number of carbonyl (C=O) groups excluding carboxylic acids is 1. The summed E-state index contributed by atoms with van der Waals surface area (Å²) in [5.41, 5.74) is 1.95. The predicted octanol–water partition coefficient (Wildman–Crippen LogP) is 2.77. The lowest BCUT2D eigenvalue weighted by Crippen LogP contribution is -2.37. The second-order valence-electron chi connectivity index (χ2n) is 5.91. The van der Waals surface area contributed by atoms with E-state index in [1.54, 1.807) is 11.3 Å². The number of aliphatic hydroxyl groups is 1. The van der Waals surface area contributed by atoms with Crippen LogP contribution in [0.3, 0.4) is 0 Å². The van der Waals surface area contributed by atoms with Crippen LogP contribution in [0, 0.1) is 5.92 Å². The Hall–Kier alpha value is -1.92. The van der Waals surface area contributed by atoms with Gasteiger partial charge in [-0.1, -0.05) is 30.3 Å². The van der Waals surface area contributed by atoms with E-state index >= 15 is 0 Å². The first kappa shape index (κ1) is 16.0. The smallest absolute Gasteiger partial charge is 0.315 e. The first-order valence-corrected chi connectivity index (χ1v) is 8.78. The summed E-state index contributed by atoms with van der Waals surface area (Å²) >= 11 is 1.58. The second kappa shape index (κ2) is 7.57. The molecule has 0 bridgehead atoms. The van der Waals surface area contributed by atoms with E-state index in [-0.39, 0.29) is 12.1 Å². The van der Waals surface area contributed by atoms with E-state index in [1.165, 1.54) is 0 Å². The highest BCUT2D eigenvalue weighted by molar-refractivity contribution is 7.13. The van der Waals surface area contributed by atoms with E-state index in [2.05, 4.69) is 15.6 Å². The minimum absolute atomic E-state index is 0.180. The normalized spacial score (nSPS) is 20.4. The Balaban J connectivity index is 1.43. The lowest BCUT2D eigenvalue weighted by molar-refractivity contribution is 0.177. The first-order valence-electron chi connectivity index (χ1n) is 7.90. The number of aromatic nitrogens is 1. The Labute approximate surface area is 139 Å². The van der Waals surface area contributed by atoms with Gasteiger partial charge in [0.1, 0.15) is 5.01 Å². The van der Waals surface area contributed by atoms with Crippen LogP contribution >= 0.6 is 11.3 Å². The Kier molecular flexibility index (Phi) is 5.25. The van der Waals surface area contributed by atoms with Crippen LogP contribution < -0.4 is 10.6 Å². The van der Waals surface area contributed by atoms with Crippen molar-refractivity contribution in [3.63, 3.8) is 0 Å². The average molecular weight is 331 g/mol. The summed E-state index contributed by atoms with van der Waals surface area (Å²) in [6.07, 6.45) is 2.41. The molecule has 0 unspecified atom stereocenters. The molecule has 2 atom stereocenters. The number of aliphatic hydroxyl groups excluding tert-OH is 1. The fraction of sp³-hybridized carbons (Fsp3) is 0.412. The van der Waals surface area contributed by atoms with Gasteiger partial charge in [0.2, 0.25) is 0 Å². The van der Waals surface area contributed by atoms with Crippen molar-refractivity contribution in [2.45, 2.75) is 31.9 Å². The number of nitrogens with zero attached hydrogens (tertiary/aromatic N) is 1. The number of carbonyl (C=O) groups is 1. The highest BCUT2D eigenvalue weighted by Crippen LogP contribution is 2.24. The maximum Gasteiger partial charge on any atom is 0.315 e. The molecule has 1 saturated carbocycles. The Morgan fingerprint density at radius 1 is 1.26 bits per heavy atom. The number of benzene rings is 1. The third-order valence-corrected chi connectivity index (χ3v) is 5.01. The molecule has 0 aliphatic heterocycles. The van der Waals surface area contributed by atoms with Crippen molar-refractivity contribution in [3.8, 4) is 10.6 Å². The summed E-state index contributed by atoms with van der Waals surface area (Å²) in [5, 5.41) is 18.1. The highest BCUT2D eigenvalue weighted by atomic mass is 32.1. The number of hydrogen-bond donors (Lipinski definition) is 3. The van der Waals surface area contributed by atoms with Crippen LogP contribution in [0.5, 0.6) is 0 Å². The third-order valence-electron chi connectivity index (χ3n) is 4.07. The minimum atomic E-state index is -0.198. The number of rotatable bonds is 5. The van der Waals surface area contributed by atoms with Gasteiger partial charge in [0, 0.05) is 17.5 Å². The highest BCUT2D eigenvalue weighted by Gasteiger charge is 2.22. The summed E-state index contributed by atoms with van der Waals surface area (Å²) in [5.74, 6) is 0.389. The molecule has 1 aromatic heterocycles. The minimum Gasteiger partial charge on any atom is -0.393 e. The molecule has 0 spiro atoms. The van der Waals surface area contributed by atoms with Crippen molar-refractivity contribution in [3.05, 3.63) is 41.4 Å². The van der Waals surface area contributed by atoms with E-state index in [0.717, 1.165) is 35.5 Å². The van der Waals surface area contributed by atoms with Crippen molar-refractivity contribution >= 4 is 17.4 Å². The van der Waals surface area contributed by atoms with Gasteiger partial charge >= 0.3 is 6.03 Å². The van der Waals surface area contributed by atoms with Crippen molar-refractivity contribution in [1.82, 2.24) is 15.6 Å². The second-order valence-corrected chi connectivity index (χ2v) is 6.76. The number of amides is 2. The fourth-order valence-electron chi connectivity index (χ4n) is 2.81. The van der Waals surface area contributed by atoms with Gasteiger partial charge < -0.3 is 15.7 Å². The van der Waals surface area contributed by atoms with Gasteiger partial charge in [-0.2, -0.15) is 0 Å². The maximum atomic E-state index is 11.8. The maximum absolute atomic E-state index is 11.8. The topological polar surface area (TPSA) is 74.2 Å². The van der Waals surface area contributed by atoms with Crippen molar-refractivity contribution in [1.29, 1.82) is 0 Å². The van der Waals surface area contributed by atoms with Gasteiger partial charge in [0.15, 0.2) is 0 Å². The molecule has 3 N–H and O–H groups in total. The van der Waals surface area contributed by atoms with E-state index < -0.39 is 0 Å². The number of thiazole rings is 1. The van der Waals surface area contributed by atoms with Crippen LogP contribution in [-0.2, 0) is 6.54 Å². The molecule has 1 heterocycles. The van der Waals surface area contributed by atoms with Crippen molar-refractivity contribution in [2.75, 3.05) is 6.54 Å². The zero-order valence-electron chi connectivity index (χ0n) is 12.9. The zero-order chi connectivity index (χ0) is 16.1. The van der Waals surface area contributed by atoms with E-state index in [1.807, 2.05) is 35.7 Å². The molecule has 0 radical (unpaired) electrons. The molecule has 1 aromatic carbocycles. The Morgan fingerprint density at radius 2 is 2.09 bits per heavy atom. The summed E-state index contributed by atoms with van der Waals surface area (Å²) in [7, 11) is 0. The molecule has 3 rings (SSSR count). The largest absolute Gasteiger partial charge is 0.393 e. The molecule has 122 valence electrons. The molecule has 0 saturated heterocycles. The summed E-state index contributed by atoms with van der Waals surface area (Å²) in [4.78, 5) is 16.4. The average Bonchev–Trinajstić information content (AvgIpc) is 3.21. The molecule has 1 fully saturated rings. The summed E-state index contributed by atoms with van der Waals surface area (Å²) in [6.45, 7) is 1.04. The molecular weight excluding hydrogens is 310 g/mol.